The molecule has 126 valence electrons. The maximum atomic E-state index is 13.0. The molecule has 25 heavy (non-hydrogen) atoms. The van der Waals surface area contributed by atoms with Gasteiger partial charge in [0.2, 0.25) is 0 Å². The van der Waals surface area contributed by atoms with Gasteiger partial charge in [0.1, 0.15) is 11.5 Å². The first-order valence-electron chi connectivity index (χ1n) is 7.44. The minimum Gasteiger partial charge on any atom is -0.477 e. The number of aromatic carboxylic acids is 1. The van der Waals surface area contributed by atoms with Gasteiger partial charge in [-0.2, -0.15) is 0 Å². The summed E-state index contributed by atoms with van der Waals surface area (Å²) in [7, 11) is 0. The molecule has 0 aliphatic carbocycles. The predicted octanol–water partition coefficient (Wildman–Crippen LogP) is 4.50. The SMILES string of the molecule is O=C(Cc1ccn(-c2ccc(Br)cc2)c1C(=O)O)c1ccc(F)cc1. The topological polar surface area (TPSA) is 59.3 Å². The molecule has 6 heteroatoms. The number of aromatic nitrogens is 1. The highest BCUT2D eigenvalue weighted by Crippen LogP contribution is 2.21. The zero-order valence-corrected chi connectivity index (χ0v) is 14.5. The smallest absolute Gasteiger partial charge is 0.353 e. The minimum absolute atomic E-state index is 0.0396. The maximum Gasteiger partial charge on any atom is 0.353 e. The molecular weight excluding hydrogens is 389 g/mol. The van der Waals surface area contributed by atoms with Crippen LogP contribution >= 0.6 is 15.9 Å². The molecular formula is C19H13BrFNO3. The molecule has 1 aromatic heterocycles. The van der Waals surface area contributed by atoms with Crippen molar-refractivity contribution in [2.24, 2.45) is 0 Å². The third-order valence-electron chi connectivity index (χ3n) is 3.79. The molecule has 1 heterocycles. The lowest BCUT2D eigenvalue weighted by Gasteiger charge is -2.08. The van der Waals surface area contributed by atoms with Crippen molar-refractivity contribution in [3.05, 3.63) is 87.9 Å². The Kier molecular flexibility index (Phi) is 4.81. The van der Waals surface area contributed by atoms with E-state index in [9.17, 15) is 19.1 Å². The van der Waals surface area contributed by atoms with Crippen molar-refractivity contribution in [1.82, 2.24) is 4.57 Å². The minimum atomic E-state index is -1.12. The number of carboxylic acid groups (broad SMARTS) is 1. The standard InChI is InChI=1S/C19H13BrFNO3/c20-14-3-7-16(8-4-14)22-10-9-13(18(22)19(24)25)11-17(23)12-1-5-15(21)6-2-12/h1-10H,11H2,(H,24,25). The van der Waals surface area contributed by atoms with Crippen LogP contribution in [0, 0.1) is 5.82 Å². The monoisotopic (exact) mass is 401 g/mol. The fourth-order valence-corrected chi connectivity index (χ4v) is 2.85. The lowest BCUT2D eigenvalue weighted by molar-refractivity contribution is 0.0687. The first-order valence-corrected chi connectivity index (χ1v) is 8.23. The molecule has 0 amide bonds. The van der Waals surface area contributed by atoms with Gasteiger partial charge in [-0.3, -0.25) is 4.79 Å². The lowest BCUT2D eigenvalue weighted by Crippen LogP contribution is -2.11. The van der Waals surface area contributed by atoms with E-state index in [1.165, 1.54) is 28.8 Å². The summed E-state index contributed by atoms with van der Waals surface area (Å²) >= 11 is 3.34. The van der Waals surface area contributed by atoms with Crippen molar-refractivity contribution in [3.63, 3.8) is 0 Å². The summed E-state index contributed by atoms with van der Waals surface area (Å²) < 4.78 is 15.4. The van der Waals surface area contributed by atoms with Gasteiger partial charge in [-0.15, -0.1) is 0 Å². The zero-order valence-electron chi connectivity index (χ0n) is 12.9. The average molecular weight is 402 g/mol. The molecule has 0 unspecified atom stereocenters. The van der Waals surface area contributed by atoms with Crippen LogP contribution in [0.1, 0.15) is 26.4 Å². The number of halogens is 2. The van der Waals surface area contributed by atoms with E-state index in [-0.39, 0.29) is 17.9 Å². The zero-order chi connectivity index (χ0) is 18.0. The Morgan fingerprint density at radius 1 is 1.00 bits per heavy atom. The van der Waals surface area contributed by atoms with Crippen LogP contribution < -0.4 is 0 Å². The first kappa shape index (κ1) is 17.1. The number of carboxylic acids is 1. The van der Waals surface area contributed by atoms with Crippen LogP contribution in [0.15, 0.2) is 65.3 Å². The van der Waals surface area contributed by atoms with E-state index in [0.29, 0.717) is 16.8 Å². The Morgan fingerprint density at radius 3 is 2.24 bits per heavy atom. The summed E-state index contributed by atoms with van der Waals surface area (Å²) in [6.45, 7) is 0. The summed E-state index contributed by atoms with van der Waals surface area (Å²) in [6, 6.07) is 14.0. The molecule has 0 aliphatic rings. The van der Waals surface area contributed by atoms with Crippen molar-refractivity contribution < 1.29 is 19.1 Å². The molecule has 0 saturated heterocycles. The van der Waals surface area contributed by atoms with Crippen molar-refractivity contribution >= 4 is 27.7 Å². The second kappa shape index (κ2) is 7.03. The molecule has 0 spiro atoms. The normalized spacial score (nSPS) is 10.6. The molecule has 0 radical (unpaired) electrons. The summed E-state index contributed by atoms with van der Waals surface area (Å²) in [6.07, 6.45) is 1.55. The average Bonchev–Trinajstić information content (AvgIpc) is 3.00. The van der Waals surface area contributed by atoms with Crippen molar-refractivity contribution in [2.45, 2.75) is 6.42 Å². The van der Waals surface area contributed by atoms with Gasteiger partial charge in [0.05, 0.1) is 0 Å². The third kappa shape index (κ3) is 3.69. The van der Waals surface area contributed by atoms with Gasteiger partial charge in [-0.1, -0.05) is 15.9 Å². The van der Waals surface area contributed by atoms with E-state index in [1.807, 2.05) is 12.1 Å². The Labute approximate surface area is 151 Å². The second-order valence-corrected chi connectivity index (χ2v) is 6.36. The van der Waals surface area contributed by atoms with E-state index in [0.717, 1.165) is 4.47 Å². The molecule has 1 N–H and O–H groups in total. The molecule has 3 rings (SSSR count). The van der Waals surface area contributed by atoms with Crippen LogP contribution in [-0.4, -0.2) is 21.4 Å². The third-order valence-corrected chi connectivity index (χ3v) is 4.32. The summed E-state index contributed by atoms with van der Waals surface area (Å²) in [5.41, 5.74) is 1.47. The number of rotatable bonds is 5. The highest BCUT2D eigenvalue weighted by Gasteiger charge is 2.20. The first-order chi connectivity index (χ1) is 12.0. The molecule has 0 fully saturated rings. The number of carbonyl (C=O) groups is 2. The molecule has 2 aromatic carbocycles. The van der Waals surface area contributed by atoms with Crippen LogP contribution in [0.3, 0.4) is 0 Å². The van der Waals surface area contributed by atoms with Crippen molar-refractivity contribution in [1.29, 1.82) is 0 Å². The molecule has 0 saturated carbocycles. The number of nitrogens with zero attached hydrogens (tertiary/aromatic N) is 1. The van der Waals surface area contributed by atoms with Gasteiger partial charge in [-0.25, -0.2) is 9.18 Å². The fourth-order valence-electron chi connectivity index (χ4n) is 2.58. The van der Waals surface area contributed by atoms with Crippen molar-refractivity contribution in [3.8, 4) is 5.69 Å². The number of Topliss-reactive ketones (excluding diaryl/α,β-unsaturated/α-hetero) is 1. The number of hydrogen-bond donors (Lipinski definition) is 1. The molecule has 3 aromatic rings. The van der Waals surface area contributed by atoms with Crippen LogP contribution in [0.2, 0.25) is 0 Å². The van der Waals surface area contributed by atoms with Gasteiger partial charge in [0.25, 0.3) is 0 Å². The summed E-state index contributed by atoms with van der Waals surface area (Å²) in [5.74, 6) is -1.81. The van der Waals surface area contributed by atoms with Crippen LogP contribution in [-0.2, 0) is 6.42 Å². The van der Waals surface area contributed by atoms with Gasteiger partial charge >= 0.3 is 5.97 Å². The molecule has 0 bridgehead atoms. The maximum absolute atomic E-state index is 13.0. The van der Waals surface area contributed by atoms with Gasteiger partial charge in [0, 0.05) is 28.3 Å². The number of benzene rings is 2. The van der Waals surface area contributed by atoms with Gasteiger partial charge in [-0.05, 0) is 60.2 Å². The highest BCUT2D eigenvalue weighted by atomic mass is 79.9. The number of ketones is 1. The molecule has 0 atom stereocenters. The van der Waals surface area contributed by atoms with Crippen LogP contribution in [0.25, 0.3) is 5.69 Å². The van der Waals surface area contributed by atoms with Gasteiger partial charge < -0.3 is 9.67 Å². The Balaban J connectivity index is 1.94. The Morgan fingerprint density at radius 2 is 1.64 bits per heavy atom. The number of hydrogen-bond acceptors (Lipinski definition) is 2. The van der Waals surface area contributed by atoms with Crippen molar-refractivity contribution in [2.75, 3.05) is 0 Å². The van der Waals surface area contributed by atoms with E-state index in [2.05, 4.69) is 15.9 Å². The highest BCUT2D eigenvalue weighted by molar-refractivity contribution is 9.10. The van der Waals surface area contributed by atoms with E-state index in [4.69, 9.17) is 0 Å². The molecule has 0 aliphatic heterocycles. The van der Waals surface area contributed by atoms with Gasteiger partial charge in [0.15, 0.2) is 5.78 Å². The molecule has 4 nitrogen and oxygen atoms in total. The Bertz CT molecular complexity index is 930. The van der Waals surface area contributed by atoms with Crippen LogP contribution in [0.4, 0.5) is 4.39 Å². The second-order valence-electron chi connectivity index (χ2n) is 5.45. The summed E-state index contributed by atoms with van der Waals surface area (Å²) in [5, 5.41) is 9.58. The lowest BCUT2D eigenvalue weighted by atomic mass is 10.0. The summed E-state index contributed by atoms with van der Waals surface area (Å²) in [4.78, 5) is 24.1. The predicted molar refractivity (Wildman–Crippen MR) is 94.9 cm³/mol. The van der Waals surface area contributed by atoms with E-state index < -0.39 is 11.8 Å². The van der Waals surface area contributed by atoms with Crippen LogP contribution in [0.5, 0.6) is 0 Å². The number of carbonyl (C=O) groups excluding carboxylic acids is 1. The van der Waals surface area contributed by atoms with E-state index >= 15 is 0 Å². The Hall–Kier alpha value is -2.73. The van der Waals surface area contributed by atoms with E-state index in [1.54, 1.807) is 24.4 Å². The quantitative estimate of drug-likeness (QED) is 0.640. The fraction of sp³-hybridized carbons (Fsp3) is 0.0526. The largest absolute Gasteiger partial charge is 0.477 e.